The van der Waals surface area contributed by atoms with Crippen LogP contribution < -0.4 is 25.0 Å². The number of methoxy groups -OCH3 is 2. The first kappa shape index (κ1) is 26.6. The Morgan fingerprint density at radius 3 is 2.30 bits per heavy atom. The predicted octanol–water partition coefficient (Wildman–Crippen LogP) is 2.38. The van der Waals surface area contributed by atoms with Crippen LogP contribution in [0.4, 0.5) is 5.69 Å². The van der Waals surface area contributed by atoms with Gasteiger partial charge in [0.2, 0.25) is 5.91 Å². The summed E-state index contributed by atoms with van der Waals surface area (Å²) in [4.78, 5) is 21.1. The van der Waals surface area contributed by atoms with Crippen molar-refractivity contribution in [2.45, 2.75) is 6.42 Å². The fourth-order valence-electron chi connectivity index (χ4n) is 3.71. The molecule has 33 heavy (non-hydrogen) atoms. The molecular weight excluding hydrogens is 533 g/mol. The van der Waals surface area contributed by atoms with E-state index in [2.05, 4.69) is 32.7 Å². The van der Waals surface area contributed by atoms with E-state index in [1.54, 1.807) is 21.3 Å². The number of carbonyl (C=O) groups excluding carboxylic acids is 1. The smallest absolute Gasteiger partial charge is 0.242 e. The van der Waals surface area contributed by atoms with E-state index in [-0.39, 0.29) is 36.4 Å². The standard InChI is InChI=1S/C24H33N5O3.HI/c1-25-24(26-12-11-19-9-10-21(31-2)22(17-19)32-3)27-18-23(30)29-15-13-28(14-16-29)20-7-5-4-6-8-20;/h4-10,17H,11-16,18H2,1-3H3,(H2,25,26,27);1H. The Morgan fingerprint density at radius 1 is 0.970 bits per heavy atom. The lowest BCUT2D eigenvalue weighted by molar-refractivity contribution is -0.130. The highest BCUT2D eigenvalue weighted by Gasteiger charge is 2.21. The third kappa shape index (κ3) is 7.69. The lowest BCUT2D eigenvalue weighted by Crippen LogP contribution is -2.52. The van der Waals surface area contributed by atoms with Gasteiger partial charge in [-0.3, -0.25) is 9.79 Å². The number of ether oxygens (including phenoxy) is 2. The molecule has 1 aliphatic rings. The van der Waals surface area contributed by atoms with Crippen LogP contribution in [0.5, 0.6) is 11.5 Å². The van der Waals surface area contributed by atoms with Gasteiger partial charge in [0, 0.05) is 45.5 Å². The molecule has 0 radical (unpaired) electrons. The maximum atomic E-state index is 12.6. The van der Waals surface area contributed by atoms with Crippen molar-refractivity contribution < 1.29 is 14.3 Å². The Bertz CT molecular complexity index is 902. The molecule has 2 N–H and O–H groups in total. The van der Waals surface area contributed by atoms with Crippen molar-refractivity contribution >= 4 is 41.5 Å². The summed E-state index contributed by atoms with van der Waals surface area (Å²) in [6, 6.07) is 16.2. The molecule has 2 aromatic rings. The van der Waals surface area contributed by atoms with Crippen molar-refractivity contribution in [1.29, 1.82) is 0 Å². The second kappa shape index (κ2) is 13.8. The Balaban J connectivity index is 0.00000385. The van der Waals surface area contributed by atoms with E-state index < -0.39 is 0 Å². The molecule has 0 aromatic heterocycles. The monoisotopic (exact) mass is 567 g/mol. The zero-order valence-corrected chi connectivity index (χ0v) is 21.9. The molecule has 0 bridgehead atoms. The highest BCUT2D eigenvalue weighted by atomic mass is 127. The van der Waals surface area contributed by atoms with E-state index in [1.165, 1.54) is 5.69 Å². The van der Waals surface area contributed by atoms with Gasteiger partial charge in [0.15, 0.2) is 17.5 Å². The third-order valence-corrected chi connectivity index (χ3v) is 5.54. The minimum atomic E-state index is 0. The second-order valence-electron chi connectivity index (χ2n) is 7.50. The topological polar surface area (TPSA) is 78.4 Å². The number of hydrogen-bond acceptors (Lipinski definition) is 5. The molecule has 0 spiro atoms. The summed E-state index contributed by atoms with van der Waals surface area (Å²) >= 11 is 0. The fourth-order valence-corrected chi connectivity index (χ4v) is 3.71. The molecule has 9 heteroatoms. The summed E-state index contributed by atoms with van der Waals surface area (Å²) in [5.74, 6) is 2.12. The molecule has 0 atom stereocenters. The Hall–Kier alpha value is -2.69. The fraction of sp³-hybridized carbons (Fsp3) is 0.417. The van der Waals surface area contributed by atoms with Crippen LogP contribution in [0.3, 0.4) is 0 Å². The first-order chi connectivity index (χ1) is 15.6. The molecule has 1 aliphatic heterocycles. The number of piperazine rings is 1. The molecule has 0 aliphatic carbocycles. The number of nitrogens with zero attached hydrogens (tertiary/aromatic N) is 3. The number of carbonyl (C=O) groups is 1. The van der Waals surface area contributed by atoms with Gasteiger partial charge in [-0.2, -0.15) is 0 Å². The van der Waals surface area contributed by atoms with Crippen molar-refractivity contribution in [1.82, 2.24) is 15.5 Å². The molecule has 0 saturated carbocycles. The lowest BCUT2D eigenvalue weighted by atomic mass is 10.1. The minimum Gasteiger partial charge on any atom is -0.493 e. The molecule has 1 fully saturated rings. The molecular formula is C24H34IN5O3. The maximum absolute atomic E-state index is 12.6. The summed E-state index contributed by atoms with van der Waals surface area (Å²) in [5, 5.41) is 6.38. The number of nitrogens with one attached hydrogen (secondary N) is 2. The highest BCUT2D eigenvalue weighted by Crippen LogP contribution is 2.27. The van der Waals surface area contributed by atoms with Crippen LogP contribution in [0.15, 0.2) is 53.5 Å². The molecule has 0 unspecified atom stereocenters. The molecule has 3 rings (SSSR count). The van der Waals surface area contributed by atoms with E-state index >= 15 is 0 Å². The zero-order chi connectivity index (χ0) is 22.8. The van der Waals surface area contributed by atoms with Gasteiger partial charge in [0.05, 0.1) is 20.8 Å². The Labute approximate surface area is 213 Å². The maximum Gasteiger partial charge on any atom is 0.242 e. The van der Waals surface area contributed by atoms with Gasteiger partial charge in [-0.1, -0.05) is 24.3 Å². The SMILES string of the molecule is CN=C(NCCc1ccc(OC)c(OC)c1)NCC(=O)N1CCN(c2ccccc2)CC1.I. The van der Waals surface area contributed by atoms with Crippen LogP contribution in [0.1, 0.15) is 5.56 Å². The van der Waals surface area contributed by atoms with Gasteiger partial charge < -0.3 is 29.9 Å². The van der Waals surface area contributed by atoms with Gasteiger partial charge in [0.1, 0.15) is 0 Å². The molecule has 2 aromatic carbocycles. The summed E-state index contributed by atoms with van der Waals surface area (Å²) in [5.41, 5.74) is 2.33. The quantitative estimate of drug-likeness (QED) is 0.290. The molecule has 1 saturated heterocycles. The van der Waals surface area contributed by atoms with Gasteiger partial charge >= 0.3 is 0 Å². The van der Waals surface area contributed by atoms with Gasteiger partial charge in [-0.15, -0.1) is 24.0 Å². The van der Waals surface area contributed by atoms with Gasteiger partial charge in [0.25, 0.3) is 0 Å². The average Bonchev–Trinajstić information content (AvgIpc) is 2.86. The van der Waals surface area contributed by atoms with E-state index in [4.69, 9.17) is 9.47 Å². The lowest BCUT2D eigenvalue weighted by Gasteiger charge is -2.36. The number of rotatable bonds is 8. The zero-order valence-electron chi connectivity index (χ0n) is 19.5. The third-order valence-electron chi connectivity index (χ3n) is 5.54. The van der Waals surface area contributed by atoms with E-state index in [9.17, 15) is 4.79 Å². The van der Waals surface area contributed by atoms with Gasteiger partial charge in [-0.05, 0) is 36.2 Å². The van der Waals surface area contributed by atoms with Crippen LogP contribution in [0, 0.1) is 0 Å². The number of para-hydroxylation sites is 1. The van der Waals surface area contributed by atoms with Crippen LogP contribution >= 0.6 is 24.0 Å². The van der Waals surface area contributed by atoms with Crippen molar-refractivity contribution in [2.75, 3.05) is 65.4 Å². The second-order valence-corrected chi connectivity index (χ2v) is 7.50. The molecule has 180 valence electrons. The van der Waals surface area contributed by atoms with Crippen LogP contribution in [0.25, 0.3) is 0 Å². The van der Waals surface area contributed by atoms with Crippen LogP contribution in [0.2, 0.25) is 0 Å². The summed E-state index contributed by atoms with van der Waals surface area (Å²) in [7, 11) is 4.96. The van der Waals surface area contributed by atoms with Crippen molar-refractivity contribution in [3.63, 3.8) is 0 Å². The Kier molecular flexibility index (Phi) is 11.1. The number of amides is 1. The number of halogens is 1. The predicted molar refractivity (Wildman–Crippen MR) is 143 cm³/mol. The van der Waals surface area contributed by atoms with Crippen LogP contribution in [-0.4, -0.2) is 77.3 Å². The number of guanidine groups is 1. The Morgan fingerprint density at radius 2 is 1.67 bits per heavy atom. The number of benzene rings is 2. The normalized spacial score (nSPS) is 13.7. The van der Waals surface area contributed by atoms with E-state index in [1.807, 2.05) is 41.3 Å². The summed E-state index contributed by atoms with van der Waals surface area (Å²) < 4.78 is 10.6. The van der Waals surface area contributed by atoms with E-state index in [0.29, 0.717) is 24.0 Å². The first-order valence-electron chi connectivity index (χ1n) is 10.9. The van der Waals surface area contributed by atoms with Crippen LogP contribution in [-0.2, 0) is 11.2 Å². The molecule has 1 amide bonds. The van der Waals surface area contributed by atoms with Gasteiger partial charge in [-0.25, -0.2) is 0 Å². The van der Waals surface area contributed by atoms with Crippen molar-refractivity contribution in [2.24, 2.45) is 4.99 Å². The largest absolute Gasteiger partial charge is 0.493 e. The number of hydrogen-bond donors (Lipinski definition) is 2. The number of anilines is 1. The molecule has 8 nitrogen and oxygen atoms in total. The highest BCUT2D eigenvalue weighted by molar-refractivity contribution is 14.0. The van der Waals surface area contributed by atoms with Crippen molar-refractivity contribution in [3.05, 3.63) is 54.1 Å². The number of aliphatic imine (C=N–C) groups is 1. The first-order valence-corrected chi connectivity index (χ1v) is 10.9. The molecule has 1 heterocycles. The minimum absolute atomic E-state index is 0. The summed E-state index contributed by atoms with van der Waals surface area (Å²) in [6.45, 7) is 4.03. The van der Waals surface area contributed by atoms with E-state index in [0.717, 1.165) is 38.2 Å². The summed E-state index contributed by atoms with van der Waals surface area (Å²) in [6.07, 6.45) is 0.788. The van der Waals surface area contributed by atoms with Crippen molar-refractivity contribution in [3.8, 4) is 11.5 Å². The average molecular weight is 567 g/mol.